The molecule has 2 aromatic carbocycles. The van der Waals surface area contributed by atoms with Gasteiger partial charge in [0.15, 0.2) is 0 Å². The van der Waals surface area contributed by atoms with Gasteiger partial charge in [0.25, 0.3) is 0 Å². The van der Waals surface area contributed by atoms with Crippen LogP contribution in [0.4, 0.5) is 8.78 Å². The summed E-state index contributed by atoms with van der Waals surface area (Å²) in [7, 11) is 0. The molecule has 0 bridgehead atoms. The molecule has 0 unspecified atom stereocenters. The van der Waals surface area contributed by atoms with Crippen molar-refractivity contribution in [2.24, 2.45) is 0 Å². The van der Waals surface area contributed by atoms with E-state index in [1.54, 1.807) is 24.3 Å². The summed E-state index contributed by atoms with van der Waals surface area (Å²) in [5, 5.41) is 2.75. The molecule has 2 rings (SSSR count). The third-order valence-corrected chi connectivity index (χ3v) is 4.22. The molecule has 1 N–H and O–H groups in total. The predicted molar refractivity (Wildman–Crippen MR) is 85.2 cm³/mol. The summed E-state index contributed by atoms with van der Waals surface area (Å²) in [6.07, 6.45) is 0.436. The van der Waals surface area contributed by atoms with Crippen molar-refractivity contribution in [1.29, 1.82) is 0 Å². The summed E-state index contributed by atoms with van der Waals surface area (Å²) in [6, 6.07) is 10.8. The van der Waals surface area contributed by atoms with Gasteiger partial charge in [0.05, 0.1) is 10.8 Å². The van der Waals surface area contributed by atoms with Crippen LogP contribution in [-0.4, -0.2) is 18.2 Å². The monoisotopic (exact) mass is 341 g/mol. The average Bonchev–Trinajstić information content (AvgIpc) is 2.50. The summed E-state index contributed by atoms with van der Waals surface area (Å²) in [4.78, 5) is 12.4. The molecular formula is C16H14ClF2NOS. The minimum Gasteiger partial charge on any atom is -0.355 e. The van der Waals surface area contributed by atoms with Crippen LogP contribution in [0.25, 0.3) is 0 Å². The maximum Gasteiger partial charge on any atom is 0.230 e. The van der Waals surface area contributed by atoms with Gasteiger partial charge in [-0.25, -0.2) is 8.78 Å². The highest BCUT2D eigenvalue weighted by Crippen LogP contribution is 2.23. The minimum absolute atomic E-state index is 0.0324. The number of thioether (sulfide) groups is 1. The lowest BCUT2D eigenvalue weighted by molar-refractivity contribution is -0.118. The van der Waals surface area contributed by atoms with Crippen molar-refractivity contribution < 1.29 is 13.6 Å². The lowest BCUT2D eigenvalue weighted by atomic mass is 10.1. The van der Waals surface area contributed by atoms with E-state index in [1.165, 1.54) is 30.0 Å². The third-order valence-electron chi connectivity index (χ3n) is 2.94. The molecule has 2 aromatic rings. The molecule has 0 radical (unpaired) electrons. The molecule has 0 atom stereocenters. The van der Waals surface area contributed by atoms with E-state index in [4.69, 9.17) is 11.6 Å². The van der Waals surface area contributed by atoms with Crippen LogP contribution in [-0.2, 0) is 11.2 Å². The molecule has 1 amide bonds. The third kappa shape index (κ3) is 5.00. The van der Waals surface area contributed by atoms with E-state index < -0.39 is 5.82 Å². The number of hydrogen-bond acceptors (Lipinski definition) is 2. The number of rotatable bonds is 6. The molecule has 0 aliphatic rings. The lowest BCUT2D eigenvalue weighted by Gasteiger charge is -2.06. The molecule has 22 heavy (non-hydrogen) atoms. The lowest BCUT2D eigenvalue weighted by Crippen LogP contribution is -2.27. The highest BCUT2D eigenvalue weighted by atomic mass is 35.5. The van der Waals surface area contributed by atoms with Crippen LogP contribution in [0, 0.1) is 11.6 Å². The van der Waals surface area contributed by atoms with Crippen LogP contribution in [0.3, 0.4) is 0 Å². The van der Waals surface area contributed by atoms with Crippen molar-refractivity contribution in [3.05, 3.63) is 64.7 Å². The van der Waals surface area contributed by atoms with Gasteiger partial charge in [0.1, 0.15) is 11.6 Å². The molecule has 0 aromatic heterocycles. The Hall–Kier alpha value is -1.59. The summed E-state index contributed by atoms with van der Waals surface area (Å²) < 4.78 is 26.4. The highest BCUT2D eigenvalue weighted by Gasteiger charge is 2.06. The molecule has 0 saturated heterocycles. The topological polar surface area (TPSA) is 29.1 Å². The van der Waals surface area contributed by atoms with Gasteiger partial charge < -0.3 is 5.32 Å². The van der Waals surface area contributed by atoms with E-state index in [-0.39, 0.29) is 22.5 Å². The molecule has 0 aliphatic carbocycles. The van der Waals surface area contributed by atoms with Crippen LogP contribution < -0.4 is 5.32 Å². The fourth-order valence-corrected chi connectivity index (χ4v) is 2.81. The maximum atomic E-state index is 13.4. The van der Waals surface area contributed by atoms with Crippen molar-refractivity contribution in [3.63, 3.8) is 0 Å². The second-order valence-electron chi connectivity index (χ2n) is 4.56. The van der Waals surface area contributed by atoms with E-state index in [1.807, 2.05) is 0 Å². The summed E-state index contributed by atoms with van der Waals surface area (Å²) in [5.41, 5.74) is 0.570. The SMILES string of the molecule is O=C(CSc1ccc(F)c(Cl)c1)NCCc1ccccc1F. The van der Waals surface area contributed by atoms with Gasteiger partial charge in [-0.3, -0.25) is 4.79 Å². The van der Waals surface area contributed by atoms with E-state index in [2.05, 4.69) is 5.32 Å². The number of carbonyl (C=O) groups excluding carboxylic acids is 1. The summed E-state index contributed by atoms with van der Waals surface area (Å²) in [5.74, 6) is -0.728. The molecule has 0 spiro atoms. The van der Waals surface area contributed by atoms with Crippen LogP contribution in [0.5, 0.6) is 0 Å². The van der Waals surface area contributed by atoms with E-state index >= 15 is 0 Å². The second kappa shape index (κ2) is 8.15. The number of nitrogens with one attached hydrogen (secondary N) is 1. The van der Waals surface area contributed by atoms with Crippen molar-refractivity contribution in [3.8, 4) is 0 Å². The number of halogens is 3. The minimum atomic E-state index is -0.486. The Morgan fingerprint density at radius 3 is 2.64 bits per heavy atom. The van der Waals surface area contributed by atoms with Crippen molar-refractivity contribution in [2.45, 2.75) is 11.3 Å². The predicted octanol–water partition coefficient (Wildman–Crippen LogP) is 4.07. The first-order valence-electron chi connectivity index (χ1n) is 6.64. The van der Waals surface area contributed by atoms with Gasteiger partial charge in [-0.05, 0) is 36.2 Å². The Bertz CT molecular complexity index is 666. The molecule has 116 valence electrons. The average molecular weight is 342 g/mol. The number of benzene rings is 2. The molecule has 0 fully saturated rings. The largest absolute Gasteiger partial charge is 0.355 e. The zero-order valence-electron chi connectivity index (χ0n) is 11.6. The van der Waals surface area contributed by atoms with E-state index in [9.17, 15) is 13.6 Å². The van der Waals surface area contributed by atoms with Crippen LogP contribution in [0.1, 0.15) is 5.56 Å². The fraction of sp³-hybridized carbons (Fsp3) is 0.188. The smallest absolute Gasteiger partial charge is 0.230 e. The molecule has 0 heterocycles. The Balaban J connectivity index is 1.74. The van der Waals surface area contributed by atoms with E-state index in [0.29, 0.717) is 18.5 Å². The van der Waals surface area contributed by atoms with Crippen molar-refractivity contribution >= 4 is 29.3 Å². The second-order valence-corrected chi connectivity index (χ2v) is 6.01. The Morgan fingerprint density at radius 2 is 1.91 bits per heavy atom. The van der Waals surface area contributed by atoms with Gasteiger partial charge in [-0.15, -0.1) is 11.8 Å². The van der Waals surface area contributed by atoms with Crippen molar-refractivity contribution in [1.82, 2.24) is 5.32 Å². The molecule has 0 aliphatic heterocycles. The number of carbonyl (C=O) groups is 1. The van der Waals surface area contributed by atoms with Crippen molar-refractivity contribution in [2.75, 3.05) is 12.3 Å². The van der Waals surface area contributed by atoms with Crippen LogP contribution in [0.2, 0.25) is 5.02 Å². The van der Waals surface area contributed by atoms with Crippen LogP contribution in [0.15, 0.2) is 47.4 Å². The Kier molecular flexibility index (Phi) is 6.21. The van der Waals surface area contributed by atoms with Gasteiger partial charge in [-0.2, -0.15) is 0 Å². The normalized spacial score (nSPS) is 10.5. The standard InChI is InChI=1S/C16H14ClF2NOS/c17-13-9-12(5-6-15(13)19)22-10-16(21)20-8-7-11-3-1-2-4-14(11)18/h1-6,9H,7-8,10H2,(H,20,21). The first-order valence-corrected chi connectivity index (χ1v) is 8.00. The Labute approximate surface area is 136 Å². The fourth-order valence-electron chi connectivity index (χ4n) is 1.80. The van der Waals surface area contributed by atoms with Gasteiger partial charge >= 0.3 is 0 Å². The zero-order chi connectivity index (χ0) is 15.9. The zero-order valence-corrected chi connectivity index (χ0v) is 13.2. The van der Waals surface area contributed by atoms with Gasteiger partial charge in [0.2, 0.25) is 5.91 Å². The first kappa shape index (κ1) is 16.8. The van der Waals surface area contributed by atoms with Gasteiger partial charge in [0, 0.05) is 11.4 Å². The maximum absolute atomic E-state index is 13.4. The number of amides is 1. The van der Waals surface area contributed by atoms with E-state index in [0.717, 1.165) is 4.90 Å². The molecule has 6 heteroatoms. The number of hydrogen-bond donors (Lipinski definition) is 1. The molecular weight excluding hydrogens is 328 g/mol. The first-order chi connectivity index (χ1) is 10.6. The summed E-state index contributed by atoms with van der Waals surface area (Å²) in [6.45, 7) is 0.366. The Morgan fingerprint density at radius 1 is 1.14 bits per heavy atom. The van der Waals surface area contributed by atoms with Gasteiger partial charge in [-0.1, -0.05) is 29.8 Å². The summed E-state index contributed by atoms with van der Waals surface area (Å²) >= 11 is 6.93. The quantitative estimate of drug-likeness (QED) is 0.802. The van der Waals surface area contributed by atoms with Crippen LogP contribution >= 0.6 is 23.4 Å². The highest BCUT2D eigenvalue weighted by molar-refractivity contribution is 8.00. The molecule has 2 nitrogen and oxygen atoms in total. The molecule has 0 saturated carbocycles.